The Morgan fingerprint density at radius 2 is 1.71 bits per heavy atom. The van der Waals surface area contributed by atoms with E-state index in [9.17, 15) is 0 Å². The molecule has 6 heteroatoms. The van der Waals surface area contributed by atoms with Gasteiger partial charge in [0, 0.05) is 31.7 Å². The molecule has 0 aliphatic carbocycles. The van der Waals surface area contributed by atoms with Gasteiger partial charge in [-0.3, -0.25) is 0 Å². The van der Waals surface area contributed by atoms with Crippen molar-refractivity contribution < 1.29 is 4.52 Å². The van der Waals surface area contributed by atoms with Gasteiger partial charge in [-0.2, -0.15) is 0 Å². The molecule has 0 saturated carbocycles. The summed E-state index contributed by atoms with van der Waals surface area (Å²) in [5.41, 5.74) is 7.82. The van der Waals surface area contributed by atoms with Crippen LogP contribution in [0.25, 0.3) is 22.2 Å². The van der Waals surface area contributed by atoms with Crippen molar-refractivity contribution >= 4 is 17.0 Å². The molecule has 3 heterocycles. The molecule has 160 valence electrons. The van der Waals surface area contributed by atoms with Gasteiger partial charge in [-0.25, -0.2) is 4.98 Å². The Morgan fingerprint density at radius 3 is 2.39 bits per heavy atom. The van der Waals surface area contributed by atoms with E-state index in [1.807, 2.05) is 13.8 Å². The minimum Gasteiger partial charge on any atom is -0.361 e. The van der Waals surface area contributed by atoms with E-state index in [1.165, 1.54) is 11.1 Å². The highest BCUT2D eigenvalue weighted by molar-refractivity contribution is 5.88. The maximum atomic E-state index is 5.45. The van der Waals surface area contributed by atoms with E-state index in [1.54, 1.807) is 0 Å². The summed E-state index contributed by atoms with van der Waals surface area (Å²) < 4.78 is 7.83. The Morgan fingerprint density at radius 1 is 0.968 bits per heavy atom. The third kappa shape index (κ3) is 3.61. The Balaban J connectivity index is 1.69. The molecule has 2 aromatic carbocycles. The topological polar surface area (TPSA) is 50.3 Å². The highest BCUT2D eigenvalue weighted by Crippen LogP contribution is 2.34. The van der Waals surface area contributed by atoms with Crippen LogP contribution in [0.4, 0.5) is 5.95 Å². The first-order valence-electron chi connectivity index (χ1n) is 10.9. The zero-order chi connectivity index (χ0) is 21.5. The van der Waals surface area contributed by atoms with Gasteiger partial charge in [0.1, 0.15) is 5.76 Å². The normalized spacial score (nSPS) is 15.2. The number of imidazole rings is 1. The van der Waals surface area contributed by atoms with Gasteiger partial charge >= 0.3 is 0 Å². The second kappa shape index (κ2) is 7.85. The van der Waals surface area contributed by atoms with E-state index < -0.39 is 0 Å². The molecule has 6 nitrogen and oxygen atoms in total. The lowest BCUT2D eigenvalue weighted by atomic mass is 10.0. The third-order valence-corrected chi connectivity index (χ3v) is 6.32. The predicted molar refractivity (Wildman–Crippen MR) is 125 cm³/mol. The SMILES string of the molecule is Cc1noc(C)c1-c1cc(C)c2nc(N3CCN(C)CC3)n(Cc3ccccc3)c2c1. The van der Waals surface area contributed by atoms with Crippen molar-refractivity contribution in [1.29, 1.82) is 0 Å². The van der Waals surface area contributed by atoms with Crippen LogP contribution in [0.2, 0.25) is 0 Å². The molecule has 1 fully saturated rings. The monoisotopic (exact) mass is 415 g/mol. The lowest BCUT2D eigenvalue weighted by Gasteiger charge is -2.33. The number of rotatable bonds is 4. The summed E-state index contributed by atoms with van der Waals surface area (Å²) in [5, 5.41) is 4.17. The fraction of sp³-hybridized carbons (Fsp3) is 0.360. The number of fused-ring (bicyclic) bond motifs is 1. The summed E-state index contributed by atoms with van der Waals surface area (Å²) >= 11 is 0. The number of piperazine rings is 1. The van der Waals surface area contributed by atoms with Gasteiger partial charge in [0.2, 0.25) is 5.95 Å². The fourth-order valence-corrected chi connectivity index (χ4v) is 4.59. The number of aryl methyl sites for hydroxylation is 3. The Kier molecular flexibility index (Phi) is 5.02. The lowest BCUT2D eigenvalue weighted by molar-refractivity contribution is 0.310. The van der Waals surface area contributed by atoms with Gasteiger partial charge in [-0.05, 0) is 56.6 Å². The van der Waals surface area contributed by atoms with Crippen LogP contribution in [-0.4, -0.2) is 52.8 Å². The highest BCUT2D eigenvalue weighted by Gasteiger charge is 2.23. The molecule has 1 aliphatic heterocycles. The molecule has 5 rings (SSSR count). The second-order valence-electron chi connectivity index (χ2n) is 8.63. The first-order chi connectivity index (χ1) is 15.0. The second-order valence-corrected chi connectivity index (χ2v) is 8.63. The molecule has 4 aromatic rings. The summed E-state index contributed by atoms with van der Waals surface area (Å²) in [6, 6.07) is 15.1. The Hall–Kier alpha value is -3.12. The van der Waals surface area contributed by atoms with Crippen LogP contribution in [-0.2, 0) is 6.54 Å². The van der Waals surface area contributed by atoms with Crippen molar-refractivity contribution in [2.75, 3.05) is 38.1 Å². The van der Waals surface area contributed by atoms with Crippen molar-refractivity contribution in [3.8, 4) is 11.1 Å². The number of hydrogen-bond donors (Lipinski definition) is 0. The maximum absolute atomic E-state index is 5.45. The van der Waals surface area contributed by atoms with Crippen molar-refractivity contribution in [3.05, 3.63) is 65.0 Å². The van der Waals surface area contributed by atoms with E-state index in [4.69, 9.17) is 9.51 Å². The molecule has 0 spiro atoms. The van der Waals surface area contributed by atoms with Crippen molar-refractivity contribution in [3.63, 3.8) is 0 Å². The van der Waals surface area contributed by atoms with Crippen molar-refractivity contribution in [2.24, 2.45) is 0 Å². The number of benzene rings is 2. The molecule has 0 amide bonds. The fourth-order valence-electron chi connectivity index (χ4n) is 4.59. The van der Waals surface area contributed by atoms with Crippen LogP contribution in [0, 0.1) is 20.8 Å². The number of hydrogen-bond acceptors (Lipinski definition) is 5. The number of anilines is 1. The number of likely N-dealkylation sites (N-methyl/N-ethyl adjacent to an activating group) is 1. The molecule has 1 saturated heterocycles. The smallest absolute Gasteiger partial charge is 0.206 e. The van der Waals surface area contributed by atoms with Crippen LogP contribution < -0.4 is 4.90 Å². The standard InChI is InChI=1S/C25H29N5O/c1-17-14-21(23-18(2)27-31-19(23)3)15-22-24(17)26-25(29-12-10-28(4)11-13-29)30(22)16-20-8-6-5-7-9-20/h5-9,14-15H,10-13,16H2,1-4H3. The van der Waals surface area contributed by atoms with Gasteiger partial charge in [0.05, 0.1) is 23.3 Å². The number of aromatic nitrogens is 3. The molecule has 31 heavy (non-hydrogen) atoms. The maximum Gasteiger partial charge on any atom is 0.206 e. The van der Waals surface area contributed by atoms with Gasteiger partial charge in [0.15, 0.2) is 0 Å². The predicted octanol–water partition coefficient (Wildman–Crippen LogP) is 4.42. The molecule has 2 aromatic heterocycles. The molecule has 0 atom stereocenters. The molecule has 0 unspecified atom stereocenters. The average molecular weight is 416 g/mol. The van der Waals surface area contributed by atoms with Crippen molar-refractivity contribution in [1.82, 2.24) is 19.6 Å². The van der Waals surface area contributed by atoms with Crippen LogP contribution in [0.15, 0.2) is 47.0 Å². The quantitative estimate of drug-likeness (QED) is 0.494. The van der Waals surface area contributed by atoms with Gasteiger partial charge < -0.3 is 18.9 Å². The van der Waals surface area contributed by atoms with E-state index in [0.29, 0.717) is 0 Å². The summed E-state index contributed by atoms with van der Waals surface area (Å²) in [6.07, 6.45) is 0. The van der Waals surface area contributed by atoms with Crippen LogP contribution in [0.3, 0.4) is 0 Å². The van der Waals surface area contributed by atoms with Gasteiger partial charge in [-0.1, -0.05) is 35.5 Å². The zero-order valence-electron chi connectivity index (χ0n) is 18.7. The minimum atomic E-state index is 0.795. The zero-order valence-corrected chi connectivity index (χ0v) is 18.7. The third-order valence-electron chi connectivity index (χ3n) is 6.32. The van der Waals surface area contributed by atoms with E-state index in [0.717, 1.165) is 72.3 Å². The van der Waals surface area contributed by atoms with Crippen LogP contribution in [0.1, 0.15) is 22.6 Å². The summed E-state index contributed by atoms with van der Waals surface area (Å²) in [7, 11) is 2.18. The minimum absolute atomic E-state index is 0.795. The van der Waals surface area contributed by atoms with Crippen LogP contribution in [0.5, 0.6) is 0 Å². The Bertz CT molecular complexity index is 1200. The number of nitrogens with zero attached hydrogens (tertiary/aromatic N) is 5. The molecular weight excluding hydrogens is 386 g/mol. The Labute approximate surface area is 183 Å². The van der Waals surface area contributed by atoms with Gasteiger partial charge in [0.25, 0.3) is 0 Å². The van der Waals surface area contributed by atoms with E-state index in [2.05, 4.69) is 76.0 Å². The average Bonchev–Trinajstić information content (AvgIpc) is 3.29. The van der Waals surface area contributed by atoms with Gasteiger partial charge in [-0.15, -0.1) is 0 Å². The summed E-state index contributed by atoms with van der Waals surface area (Å²) in [4.78, 5) is 9.96. The molecule has 0 radical (unpaired) electrons. The van der Waals surface area contributed by atoms with Crippen molar-refractivity contribution in [2.45, 2.75) is 27.3 Å². The summed E-state index contributed by atoms with van der Waals surface area (Å²) in [6.45, 7) is 11.0. The van der Waals surface area contributed by atoms with E-state index >= 15 is 0 Å². The molecule has 0 bridgehead atoms. The first kappa shape index (κ1) is 19.8. The lowest BCUT2D eigenvalue weighted by Crippen LogP contribution is -2.45. The van der Waals surface area contributed by atoms with Crippen LogP contribution >= 0.6 is 0 Å². The largest absolute Gasteiger partial charge is 0.361 e. The highest BCUT2D eigenvalue weighted by atomic mass is 16.5. The molecule has 0 N–H and O–H groups in total. The first-order valence-corrected chi connectivity index (χ1v) is 10.9. The molecular formula is C25H29N5O. The molecule has 1 aliphatic rings. The van der Waals surface area contributed by atoms with E-state index in [-0.39, 0.29) is 0 Å². The summed E-state index contributed by atoms with van der Waals surface area (Å²) in [5.74, 6) is 1.91.